The fraction of sp³-hybridized carbons (Fsp3) is 0.909. The fourth-order valence-corrected chi connectivity index (χ4v) is 3.35. The molecule has 1 heterocycles. The Kier molecular flexibility index (Phi) is 5.12. The van der Waals surface area contributed by atoms with E-state index in [4.69, 9.17) is 5.11 Å². The SMILES string of the molecule is CCC(C(=O)O)N(C)C1CCN(S(C)(=O)=O)CC1. The van der Waals surface area contributed by atoms with E-state index in [1.54, 1.807) is 0 Å². The Morgan fingerprint density at radius 2 is 1.94 bits per heavy atom. The van der Waals surface area contributed by atoms with Gasteiger partial charge in [0.05, 0.1) is 6.26 Å². The summed E-state index contributed by atoms with van der Waals surface area (Å²) >= 11 is 0. The van der Waals surface area contributed by atoms with Gasteiger partial charge in [0.15, 0.2) is 0 Å². The predicted molar refractivity (Wildman–Crippen MR) is 68.9 cm³/mol. The number of hydrogen-bond acceptors (Lipinski definition) is 4. The molecule has 0 radical (unpaired) electrons. The first-order valence-corrected chi connectivity index (χ1v) is 8.02. The summed E-state index contributed by atoms with van der Waals surface area (Å²) in [6.07, 6.45) is 3.14. The minimum atomic E-state index is -3.12. The van der Waals surface area contributed by atoms with Crippen LogP contribution in [-0.4, -0.2) is 67.2 Å². The average Bonchev–Trinajstić information content (AvgIpc) is 2.28. The molecule has 0 aliphatic carbocycles. The van der Waals surface area contributed by atoms with Gasteiger partial charge in [-0.2, -0.15) is 0 Å². The average molecular weight is 278 g/mol. The van der Waals surface area contributed by atoms with Gasteiger partial charge in [-0.25, -0.2) is 12.7 Å². The molecule has 0 spiro atoms. The van der Waals surface area contributed by atoms with Crippen LogP contribution in [0.4, 0.5) is 0 Å². The molecule has 6 nitrogen and oxygen atoms in total. The molecule has 1 N–H and O–H groups in total. The summed E-state index contributed by atoms with van der Waals surface area (Å²) in [6.45, 7) is 2.80. The summed E-state index contributed by atoms with van der Waals surface area (Å²) < 4.78 is 24.2. The summed E-state index contributed by atoms with van der Waals surface area (Å²) in [4.78, 5) is 13.0. The molecule has 0 saturated carbocycles. The normalized spacial score (nSPS) is 21.1. The first kappa shape index (κ1) is 15.4. The second-order valence-corrected chi connectivity index (χ2v) is 6.80. The van der Waals surface area contributed by atoms with Crippen LogP contribution in [0, 0.1) is 0 Å². The van der Waals surface area contributed by atoms with E-state index >= 15 is 0 Å². The Hall–Kier alpha value is -0.660. The van der Waals surface area contributed by atoms with Gasteiger partial charge in [0, 0.05) is 19.1 Å². The molecule has 0 aromatic carbocycles. The van der Waals surface area contributed by atoms with Crippen molar-refractivity contribution in [2.24, 2.45) is 0 Å². The first-order chi connectivity index (χ1) is 8.27. The van der Waals surface area contributed by atoms with Gasteiger partial charge in [-0.1, -0.05) is 6.92 Å². The number of likely N-dealkylation sites (N-methyl/N-ethyl adjacent to an activating group) is 1. The third-order valence-electron chi connectivity index (χ3n) is 3.63. The lowest BCUT2D eigenvalue weighted by molar-refractivity contribution is -0.144. The Morgan fingerprint density at radius 1 is 1.44 bits per heavy atom. The molecule has 0 amide bonds. The molecule has 0 bridgehead atoms. The van der Waals surface area contributed by atoms with E-state index in [-0.39, 0.29) is 6.04 Å². The van der Waals surface area contributed by atoms with E-state index in [0.717, 1.165) is 0 Å². The number of carboxylic acid groups (broad SMARTS) is 1. The highest BCUT2D eigenvalue weighted by atomic mass is 32.2. The van der Waals surface area contributed by atoms with Crippen LogP contribution in [0.25, 0.3) is 0 Å². The molecule has 1 saturated heterocycles. The number of nitrogens with zero attached hydrogens (tertiary/aromatic N) is 2. The lowest BCUT2D eigenvalue weighted by Crippen LogP contribution is -2.50. The van der Waals surface area contributed by atoms with Gasteiger partial charge in [-0.3, -0.25) is 9.69 Å². The second-order valence-electron chi connectivity index (χ2n) is 4.82. The van der Waals surface area contributed by atoms with Crippen molar-refractivity contribution >= 4 is 16.0 Å². The third kappa shape index (κ3) is 3.66. The number of carbonyl (C=O) groups is 1. The lowest BCUT2D eigenvalue weighted by Gasteiger charge is -2.38. The van der Waals surface area contributed by atoms with Gasteiger partial charge in [0.1, 0.15) is 6.04 Å². The van der Waals surface area contributed by atoms with E-state index in [0.29, 0.717) is 32.4 Å². The van der Waals surface area contributed by atoms with Crippen LogP contribution < -0.4 is 0 Å². The van der Waals surface area contributed by atoms with Crippen LogP contribution in [-0.2, 0) is 14.8 Å². The van der Waals surface area contributed by atoms with Crippen molar-refractivity contribution in [2.75, 3.05) is 26.4 Å². The van der Waals surface area contributed by atoms with Gasteiger partial charge in [-0.15, -0.1) is 0 Å². The quantitative estimate of drug-likeness (QED) is 0.777. The summed E-state index contributed by atoms with van der Waals surface area (Å²) in [6, 6.07) is -0.344. The van der Waals surface area contributed by atoms with Crippen molar-refractivity contribution in [3.63, 3.8) is 0 Å². The molecule has 1 aliphatic rings. The van der Waals surface area contributed by atoms with Crippen LogP contribution in [0.3, 0.4) is 0 Å². The minimum absolute atomic E-state index is 0.143. The van der Waals surface area contributed by atoms with E-state index in [1.807, 2.05) is 18.9 Å². The third-order valence-corrected chi connectivity index (χ3v) is 4.93. The molecule has 1 unspecified atom stereocenters. The van der Waals surface area contributed by atoms with Crippen molar-refractivity contribution in [3.05, 3.63) is 0 Å². The smallest absolute Gasteiger partial charge is 0.320 e. The molecular formula is C11H22N2O4S. The van der Waals surface area contributed by atoms with E-state index in [2.05, 4.69) is 0 Å². The molecule has 1 fully saturated rings. The van der Waals surface area contributed by atoms with Crippen LogP contribution in [0.2, 0.25) is 0 Å². The highest BCUT2D eigenvalue weighted by molar-refractivity contribution is 7.88. The molecule has 1 rings (SSSR count). The molecule has 106 valence electrons. The Labute approximate surface area is 109 Å². The Bertz CT molecular complexity index is 388. The van der Waals surface area contributed by atoms with Crippen LogP contribution in [0.15, 0.2) is 0 Å². The topological polar surface area (TPSA) is 77.9 Å². The largest absolute Gasteiger partial charge is 0.480 e. The lowest BCUT2D eigenvalue weighted by atomic mass is 10.0. The Morgan fingerprint density at radius 3 is 2.28 bits per heavy atom. The molecular weight excluding hydrogens is 256 g/mol. The van der Waals surface area contributed by atoms with Gasteiger partial charge in [0.2, 0.25) is 10.0 Å². The van der Waals surface area contributed by atoms with Crippen molar-refractivity contribution in [1.29, 1.82) is 0 Å². The van der Waals surface area contributed by atoms with E-state index in [9.17, 15) is 13.2 Å². The van der Waals surface area contributed by atoms with E-state index in [1.165, 1.54) is 10.6 Å². The summed E-state index contributed by atoms with van der Waals surface area (Å²) in [7, 11) is -1.31. The number of rotatable bonds is 5. The van der Waals surface area contributed by atoms with Crippen molar-refractivity contribution in [1.82, 2.24) is 9.21 Å². The van der Waals surface area contributed by atoms with Crippen molar-refractivity contribution in [3.8, 4) is 0 Å². The van der Waals surface area contributed by atoms with Crippen molar-refractivity contribution < 1.29 is 18.3 Å². The number of carboxylic acids is 1. The summed E-state index contributed by atoms with van der Waals surface area (Å²) in [5.41, 5.74) is 0. The number of piperidine rings is 1. The number of sulfonamides is 1. The first-order valence-electron chi connectivity index (χ1n) is 6.17. The monoisotopic (exact) mass is 278 g/mol. The molecule has 0 aromatic rings. The second kappa shape index (κ2) is 5.99. The maximum Gasteiger partial charge on any atom is 0.320 e. The molecule has 1 atom stereocenters. The molecule has 18 heavy (non-hydrogen) atoms. The highest BCUT2D eigenvalue weighted by Crippen LogP contribution is 2.20. The zero-order valence-corrected chi connectivity index (χ0v) is 12.0. The standard InChI is InChI=1S/C11H22N2O4S/c1-4-10(11(14)15)12(2)9-5-7-13(8-6-9)18(3,16)17/h9-10H,4-8H2,1-3H3,(H,14,15). The van der Waals surface area contributed by atoms with Crippen LogP contribution >= 0.6 is 0 Å². The van der Waals surface area contributed by atoms with Gasteiger partial charge >= 0.3 is 5.97 Å². The van der Waals surface area contributed by atoms with Crippen LogP contribution in [0.5, 0.6) is 0 Å². The zero-order valence-electron chi connectivity index (χ0n) is 11.2. The predicted octanol–water partition coefficient (Wildman–Crippen LogP) is 0.205. The molecule has 0 aromatic heterocycles. The number of aliphatic carboxylic acids is 1. The number of hydrogen-bond donors (Lipinski definition) is 1. The van der Waals surface area contributed by atoms with Gasteiger partial charge in [-0.05, 0) is 26.3 Å². The molecule has 1 aliphatic heterocycles. The molecule has 7 heteroatoms. The van der Waals surface area contributed by atoms with Gasteiger partial charge < -0.3 is 5.11 Å². The maximum absolute atomic E-state index is 11.4. The fourth-order valence-electron chi connectivity index (χ4n) is 2.47. The Balaban J connectivity index is 2.60. The maximum atomic E-state index is 11.4. The minimum Gasteiger partial charge on any atom is -0.480 e. The summed E-state index contributed by atoms with van der Waals surface area (Å²) in [5, 5.41) is 9.11. The summed E-state index contributed by atoms with van der Waals surface area (Å²) in [5.74, 6) is -0.814. The highest BCUT2D eigenvalue weighted by Gasteiger charge is 2.31. The van der Waals surface area contributed by atoms with Crippen LogP contribution in [0.1, 0.15) is 26.2 Å². The van der Waals surface area contributed by atoms with Crippen molar-refractivity contribution in [2.45, 2.75) is 38.3 Å². The van der Waals surface area contributed by atoms with Gasteiger partial charge in [0.25, 0.3) is 0 Å². The zero-order chi connectivity index (χ0) is 13.9. The van der Waals surface area contributed by atoms with E-state index < -0.39 is 22.0 Å².